The van der Waals surface area contributed by atoms with Crippen molar-refractivity contribution in [1.82, 2.24) is 29.2 Å². The van der Waals surface area contributed by atoms with Gasteiger partial charge in [-0.15, -0.1) is 0 Å². The number of aryl methyl sites for hydroxylation is 3. The summed E-state index contributed by atoms with van der Waals surface area (Å²) >= 11 is 0. The van der Waals surface area contributed by atoms with Gasteiger partial charge in [0, 0.05) is 56.5 Å². The highest BCUT2D eigenvalue weighted by Crippen LogP contribution is 2.25. The maximum atomic E-state index is 12.8. The fourth-order valence-corrected chi connectivity index (χ4v) is 3.81. The molecule has 140 valence electrons. The molecule has 7 heteroatoms. The summed E-state index contributed by atoms with van der Waals surface area (Å²) in [4.78, 5) is 23.5. The van der Waals surface area contributed by atoms with Crippen molar-refractivity contribution >= 4 is 5.91 Å². The maximum absolute atomic E-state index is 12.8. The van der Waals surface area contributed by atoms with Crippen molar-refractivity contribution in [3.05, 3.63) is 53.9 Å². The van der Waals surface area contributed by atoms with Crippen LogP contribution in [0.25, 0.3) is 11.4 Å². The molecule has 0 spiro atoms. The van der Waals surface area contributed by atoms with Gasteiger partial charge in [0.05, 0.1) is 5.69 Å². The number of likely N-dealkylation sites (tertiary alicyclic amines) is 1. The molecule has 1 fully saturated rings. The van der Waals surface area contributed by atoms with E-state index in [4.69, 9.17) is 0 Å². The van der Waals surface area contributed by atoms with Crippen molar-refractivity contribution < 1.29 is 4.79 Å². The van der Waals surface area contributed by atoms with Crippen LogP contribution >= 0.6 is 0 Å². The summed E-state index contributed by atoms with van der Waals surface area (Å²) in [5.74, 6) is 1.41. The number of aromatic nitrogens is 5. The van der Waals surface area contributed by atoms with Gasteiger partial charge in [-0.05, 0) is 44.4 Å². The summed E-state index contributed by atoms with van der Waals surface area (Å²) in [6.45, 7) is 6.37. The fourth-order valence-electron chi connectivity index (χ4n) is 3.81. The van der Waals surface area contributed by atoms with Gasteiger partial charge >= 0.3 is 0 Å². The Morgan fingerprint density at radius 3 is 2.85 bits per heavy atom. The van der Waals surface area contributed by atoms with E-state index in [9.17, 15) is 4.79 Å². The molecule has 0 aromatic carbocycles. The molecule has 1 amide bonds. The van der Waals surface area contributed by atoms with Crippen LogP contribution < -0.4 is 0 Å². The molecule has 1 atom stereocenters. The van der Waals surface area contributed by atoms with E-state index >= 15 is 0 Å². The van der Waals surface area contributed by atoms with E-state index in [-0.39, 0.29) is 5.91 Å². The number of hydrogen-bond acceptors (Lipinski definition) is 4. The van der Waals surface area contributed by atoms with Gasteiger partial charge in [-0.25, -0.2) is 4.98 Å². The number of imidazole rings is 1. The van der Waals surface area contributed by atoms with Crippen LogP contribution in [0.5, 0.6) is 0 Å². The Labute approximate surface area is 158 Å². The van der Waals surface area contributed by atoms with Crippen LogP contribution in [0.1, 0.15) is 28.3 Å². The van der Waals surface area contributed by atoms with Crippen LogP contribution in [0.3, 0.4) is 0 Å². The Hall–Kier alpha value is -2.96. The van der Waals surface area contributed by atoms with E-state index in [1.165, 1.54) is 0 Å². The van der Waals surface area contributed by atoms with Crippen LogP contribution in [0, 0.1) is 19.8 Å². The Bertz CT molecular complexity index is 958. The number of rotatable bonds is 4. The second kappa shape index (κ2) is 6.98. The molecule has 1 aliphatic heterocycles. The molecule has 4 rings (SSSR count). The molecule has 7 nitrogen and oxygen atoms in total. The zero-order valence-electron chi connectivity index (χ0n) is 16.0. The van der Waals surface area contributed by atoms with Crippen LogP contribution in [-0.2, 0) is 13.6 Å². The van der Waals surface area contributed by atoms with Crippen molar-refractivity contribution in [2.75, 3.05) is 13.1 Å². The highest BCUT2D eigenvalue weighted by molar-refractivity contribution is 5.92. The van der Waals surface area contributed by atoms with Crippen molar-refractivity contribution in [2.45, 2.75) is 26.8 Å². The number of pyridine rings is 1. The second-order valence-electron chi connectivity index (χ2n) is 7.28. The molecule has 1 aliphatic rings. The Morgan fingerprint density at radius 1 is 1.30 bits per heavy atom. The predicted molar refractivity (Wildman–Crippen MR) is 102 cm³/mol. The molecule has 0 bridgehead atoms. The van der Waals surface area contributed by atoms with Crippen molar-refractivity contribution in [2.24, 2.45) is 13.0 Å². The van der Waals surface area contributed by atoms with Gasteiger partial charge in [0.2, 0.25) is 0 Å². The third kappa shape index (κ3) is 3.37. The number of carbonyl (C=O) groups excluding carboxylic acids is 1. The third-order valence-electron chi connectivity index (χ3n) is 5.21. The molecule has 27 heavy (non-hydrogen) atoms. The van der Waals surface area contributed by atoms with E-state index in [1.807, 2.05) is 49.5 Å². The molecule has 4 heterocycles. The number of nitrogens with zero attached hydrogens (tertiary/aromatic N) is 6. The number of amides is 1. The smallest absolute Gasteiger partial charge is 0.272 e. The Balaban J connectivity index is 1.49. The first-order chi connectivity index (χ1) is 13.0. The minimum absolute atomic E-state index is 0.0652. The predicted octanol–water partition coefficient (Wildman–Crippen LogP) is 2.46. The van der Waals surface area contributed by atoms with Gasteiger partial charge in [-0.3, -0.25) is 14.5 Å². The van der Waals surface area contributed by atoms with Crippen LogP contribution in [0.2, 0.25) is 0 Å². The second-order valence-corrected chi connectivity index (χ2v) is 7.28. The largest absolute Gasteiger partial charge is 0.337 e. The zero-order valence-corrected chi connectivity index (χ0v) is 16.0. The van der Waals surface area contributed by atoms with Gasteiger partial charge in [-0.2, -0.15) is 5.10 Å². The average molecular weight is 364 g/mol. The molecule has 0 aliphatic carbocycles. The van der Waals surface area contributed by atoms with Crippen molar-refractivity contribution in [1.29, 1.82) is 0 Å². The Kier molecular flexibility index (Phi) is 4.51. The molecule has 0 saturated carbocycles. The van der Waals surface area contributed by atoms with E-state index in [0.29, 0.717) is 11.6 Å². The molecule has 0 N–H and O–H groups in total. The minimum atomic E-state index is 0.0652. The van der Waals surface area contributed by atoms with Gasteiger partial charge < -0.3 is 9.47 Å². The number of hydrogen-bond donors (Lipinski definition) is 0. The maximum Gasteiger partial charge on any atom is 0.272 e. The van der Waals surface area contributed by atoms with Gasteiger partial charge in [0.15, 0.2) is 0 Å². The minimum Gasteiger partial charge on any atom is -0.337 e. The molecular formula is C20H24N6O. The highest BCUT2D eigenvalue weighted by Gasteiger charge is 2.29. The van der Waals surface area contributed by atoms with E-state index in [0.717, 1.165) is 48.8 Å². The zero-order chi connectivity index (χ0) is 19.0. The quantitative estimate of drug-likeness (QED) is 0.713. The molecule has 1 saturated heterocycles. The lowest BCUT2D eigenvalue weighted by Crippen LogP contribution is -2.30. The van der Waals surface area contributed by atoms with Crippen LogP contribution in [0.15, 0.2) is 36.8 Å². The van der Waals surface area contributed by atoms with Crippen LogP contribution in [0.4, 0.5) is 0 Å². The molecule has 3 aromatic rings. The van der Waals surface area contributed by atoms with Crippen LogP contribution in [-0.4, -0.2) is 48.2 Å². The van der Waals surface area contributed by atoms with E-state index < -0.39 is 0 Å². The monoisotopic (exact) mass is 364 g/mol. The Morgan fingerprint density at radius 2 is 2.15 bits per heavy atom. The first-order valence-electron chi connectivity index (χ1n) is 9.25. The first kappa shape index (κ1) is 17.5. The highest BCUT2D eigenvalue weighted by atomic mass is 16.2. The van der Waals surface area contributed by atoms with Crippen molar-refractivity contribution in [3.63, 3.8) is 0 Å². The average Bonchev–Trinajstić information content (AvgIpc) is 3.36. The summed E-state index contributed by atoms with van der Waals surface area (Å²) in [5.41, 5.74) is 3.66. The van der Waals surface area contributed by atoms with E-state index in [1.54, 1.807) is 10.9 Å². The lowest BCUT2D eigenvalue weighted by atomic mass is 10.1. The molecular weight excluding hydrogens is 340 g/mol. The summed E-state index contributed by atoms with van der Waals surface area (Å²) in [5, 5.41) is 4.29. The molecule has 3 aromatic heterocycles. The lowest BCUT2D eigenvalue weighted by Gasteiger charge is -2.18. The first-order valence-corrected chi connectivity index (χ1v) is 9.25. The summed E-state index contributed by atoms with van der Waals surface area (Å²) in [6, 6.07) is 5.81. The SMILES string of the molecule is Cc1cc(C(=O)N2CCC(Cn3c(C)cnc3-c3cccnc3)C2)n(C)n1. The van der Waals surface area contributed by atoms with E-state index in [2.05, 4.69) is 26.6 Å². The lowest BCUT2D eigenvalue weighted by molar-refractivity contribution is 0.0775. The van der Waals surface area contributed by atoms with Gasteiger partial charge in [0.25, 0.3) is 5.91 Å². The topological polar surface area (TPSA) is 68.8 Å². The fraction of sp³-hybridized carbons (Fsp3) is 0.400. The van der Waals surface area contributed by atoms with Gasteiger partial charge in [-0.1, -0.05) is 0 Å². The summed E-state index contributed by atoms with van der Waals surface area (Å²) < 4.78 is 3.91. The molecule has 1 unspecified atom stereocenters. The van der Waals surface area contributed by atoms with Crippen molar-refractivity contribution in [3.8, 4) is 11.4 Å². The third-order valence-corrected chi connectivity index (χ3v) is 5.21. The molecule has 0 radical (unpaired) electrons. The number of carbonyl (C=O) groups is 1. The normalized spacial score (nSPS) is 16.9. The standard InChI is InChI=1S/C20H24N6O/c1-14-9-18(24(3)23-14)20(27)25-8-6-16(12-25)13-26-15(2)10-22-19(26)17-5-4-7-21-11-17/h4-5,7,9-11,16H,6,8,12-13H2,1-3H3. The van der Waals surface area contributed by atoms with Gasteiger partial charge in [0.1, 0.15) is 11.5 Å². The summed E-state index contributed by atoms with van der Waals surface area (Å²) in [6.07, 6.45) is 6.50. The summed E-state index contributed by atoms with van der Waals surface area (Å²) in [7, 11) is 1.82.